The number of carbonyl (C=O) groups excluding carboxylic acids is 3. The Hall–Kier alpha value is -4.19. The number of hydrogen-bond acceptors (Lipinski definition) is 6. The lowest BCUT2D eigenvalue weighted by atomic mass is 10.1. The van der Waals surface area contributed by atoms with Crippen molar-refractivity contribution in [2.75, 3.05) is 13.2 Å². The van der Waals surface area contributed by atoms with Gasteiger partial charge >= 0.3 is 17.9 Å². The van der Waals surface area contributed by atoms with E-state index in [1.807, 2.05) is 0 Å². The number of carbonyl (C=O) groups is 3. The van der Waals surface area contributed by atoms with E-state index >= 15 is 0 Å². The molecule has 0 aromatic carbocycles. The summed E-state index contributed by atoms with van der Waals surface area (Å²) in [5.41, 5.74) is 0. The Kier molecular flexibility index (Phi) is 61.8. The average Bonchev–Trinajstić information content (AvgIpc) is 3.44. The van der Waals surface area contributed by atoms with E-state index in [0.717, 1.165) is 135 Å². The molecule has 0 bridgehead atoms. The van der Waals surface area contributed by atoms with Crippen LogP contribution in [0.25, 0.3) is 0 Å². The average molecular weight is 1080 g/mol. The third-order valence-corrected chi connectivity index (χ3v) is 13.7. The van der Waals surface area contributed by atoms with Crippen LogP contribution >= 0.6 is 0 Å². The largest absolute Gasteiger partial charge is 0.462 e. The molecule has 0 N–H and O–H groups in total. The van der Waals surface area contributed by atoms with E-state index in [0.29, 0.717) is 19.3 Å². The zero-order valence-electron chi connectivity index (χ0n) is 50.9. The molecule has 0 fully saturated rings. The molecule has 0 saturated heterocycles. The maximum absolute atomic E-state index is 12.8. The Bertz CT molecular complexity index is 1620. The number of unbranched alkanes of at least 4 members (excludes halogenated alkanes) is 27. The van der Waals surface area contributed by atoms with Gasteiger partial charge in [0.25, 0.3) is 0 Å². The number of rotatable bonds is 58. The normalized spacial score (nSPS) is 12.9. The fourth-order valence-electron chi connectivity index (χ4n) is 8.84. The van der Waals surface area contributed by atoms with Crippen molar-refractivity contribution in [3.8, 4) is 0 Å². The number of esters is 3. The molecule has 0 heterocycles. The molecular formula is C72H120O6. The van der Waals surface area contributed by atoms with Crippen molar-refractivity contribution in [1.82, 2.24) is 0 Å². The van der Waals surface area contributed by atoms with Gasteiger partial charge in [-0.1, -0.05) is 284 Å². The fraction of sp³-hybridized carbons (Fsp3) is 0.681. The molecule has 0 aliphatic carbocycles. The summed E-state index contributed by atoms with van der Waals surface area (Å²) in [5.74, 6) is -0.900. The summed E-state index contributed by atoms with van der Waals surface area (Å²) in [6.07, 6.45) is 90.8. The first kappa shape index (κ1) is 73.8. The van der Waals surface area contributed by atoms with Crippen LogP contribution in [0.3, 0.4) is 0 Å². The molecule has 1 atom stereocenters. The molecule has 6 heteroatoms. The molecule has 0 saturated carbocycles. The van der Waals surface area contributed by atoms with E-state index in [9.17, 15) is 14.4 Å². The SMILES string of the molecule is CC/C=C\C/C=C\C/C=C\C/C=C\C/C=C\C/C=C\C/C=C\C/C=C\CCCCCCCCCCCCC(=O)OCC(COC(=O)CCCCCCCCCCC)OC(=O)CCCCCCC/C=C\C/C=C\CCCCCC. The lowest BCUT2D eigenvalue weighted by Crippen LogP contribution is -2.30. The van der Waals surface area contributed by atoms with Crippen molar-refractivity contribution in [2.45, 2.75) is 303 Å². The predicted molar refractivity (Wildman–Crippen MR) is 339 cm³/mol. The van der Waals surface area contributed by atoms with Crippen LogP contribution in [0, 0.1) is 0 Å². The van der Waals surface area contributed by atoms with Gasteiger partial charge in [-0.05, 0) is 116 Å². The summed E-state index contributed by atoms with van der Waals surface area (Å²) in [5, 5.41) is 0. The fourth-order valence-corrected chi connectivity index (χ4v) is 8.84. The van der Waals surface area contributed by atoms with Gasteiger partial charge in [0.1, 0.15) is 13.2 Å². The van der Waals surface area contributed by atoms with Gasteiger partial charge in [0, 0.05) is 19.3 Å². The van der Waals surface area contributed by atoms with Crippen LogP contribution in [0.15, 0.2) is 122 Å². The smallest absolute Gasteiger partial charge is 0.306 e. The lowest BCUT2D eigenvalue weighted by Gasteiger charge is -2.18. The number of hydrogen-bond donors (Lipinski definition) is 0. The van der Waals surface area contributed by atoms with Crippen LogP contribution < -0.4 is 0 Å². The third kappa shape index (κ3) is 62.7. The highest BCUT2D eigenvalue weighted by Crippen LogP contribution is 2.15. The number of allylic oxidation sites excluding steroid dienone is 20. The summed E-state index contributed by atoms with van der Waals surface area (Å²) in [4.78, 5) is 38.1. The van der Waals surface area contributed by atoms with Crippen molar-refractivity contribution < 1.29 is 28.6 Å². The van der Waals surface area contributed by atoms with Gasteiger partial charge in [0.05, 0.1) is 0 Å². The van der Waals surface area contributed by atoms with E-state index in [4.69, 9.17) is 14.2 Å². The minimum Gasteiger partial charge on any atom is -0.462 e. The molecule has 6 nitrogen and oxygen atoms in total. The van der Waals surface area contributed by atoms with Gasteiger partial charge in [-0.15, -0.1) is 0 Å². The molecule has 444 valence electrons. The lowest BCUT2D eigenvalue weighted by molar-refractivity contribution is -0.167. The topological polar surface area (TPSA) is 78.9 Å². The van der Waals surface area contributed by atoms with Gasteiger partial charge in [-0.2, -0.15) is 0 Å². The van der Waals surface area contributed by atoms with Crippen molar-refractivity contribution in [3.63, 3.8) is 0 Å². The van der Waals surface area contributed by atoms with E-state index < -0.39 is 6.10 Å². The van der Waals surface area contributed by atoms with Crippen molar-refractivity contribution in [1.29, 1.82) is 0 Å². The van der Waals surface area contributed by atoms with Gasteiger partial charge in [0.2, 0.25) is 0 Å². The first-order chi connectivity index (χ1) is 38.5. The molecule has 0 aliphatic heterocycles. The second-order valence-electron chi connectivity index (χ2n) is 21.3. The highest BCUT2D eigenvalue weighted by molar-refractivity contribution is 5.71. The zero-order valence-corrected chi connectivity index (χ0v) is 50.9. The minimum absolute atomic E-state index is 0.0836. The molecule has 0 aromatic heterocycles. The molecule has 0 aromatic rings. The van der Waals surface area contributed by atoms with Gasteiger partial charge in [0.15, 0.2) is 6.10 Å². The van der Waals surface area contributed by atoms with Crippen LogP contribution in [-0.4, -0.2) is 37.2 Å². The Morgan fingerprint density at radius 1 is 0.269 bits per heavy atom. The Morgan fingerprint density at radius 3 is 0.795 bits per heavy atom. The Balaban J connectivity index is 4.16. The van der Waals surface area contributed by atoms with Crippen molar-refractivity contribution >= 4 is 17.9 Å². The second kappa shape index (κ2) is 65.3. The molecule has 0 amide bonds. The maximum Gasteiger partial charge on any atom is 0.306 e. The van der Waals surface area contributed by atoms with Crippen LogP contribution in [0.1, 0.15) is 297 Å². The summed E-state index contributed by atoms with van der Waals surface area (Å²) >= 11 is 0. The summed E-state index contributed by atoms with van der Waals surface area (Å²) in [6, 6.07) is 0. The van der Waals surface area contributed by atoms with Crippen molar-refractivity contribution in [2.24, 2.45) is 0 Å². The molecule has 0 rings (SSSR count). The van der Waals surface area contributed by atoms with E-state index in [-0.39, 0.29) is 31.1 Å². The monoisotopic (exact) mass is 1080 g/mol. The Morgan fingerprint density at radius 2 is 0.500 bits per heavy atom. The van der Waals surface area contributed by atoms with E-state index in [1.165, 1.54) is 122 Å². The first-order valence-electron chi connectivity index (χ1n) is 32.5. The molecule has 78 heavy (non-hydrogen) atoms. The first-order valence-corrected chi connectivity index (χ1v) is 32.5. The maximum atomic E-state index is 12.8. The molecule has 0 spiro atoms. The second-order valence-corrected chi connectivity index (χ2v) is 21.3. The van der Waals surface area contributed by atoms with E-state index in [1.54, 1.807) is 0 Å². The van der Waals surface area contributed by atoms with Crippen molar-refractivity contribution in [3.05, 3.63) is 122 Å². The van der Waals surface area contributed by atoms with E-state index in [2.05, 4.69) is 142 Å². The predicted octanol–water partition coefficient (Wildman–Crippen LogP) is 22.4. The zero-order chi connectivity index (χ0) is 56.4. The van der Waals surface area contributed by atoms with Gasteiger partial charge < -0.3 is 14.2 Å². The minimum atomic E-state index is -0.786. The quantitative estimate of drug-likeness (QED) is 0.0261. The highest BCUT2D eigenvalue weighted by Gasteiger charge is 2.19. The summed E-state index contributed by atoms with van der Waals surface area (Å²) in [6.45, 7) is 6.48. The molecule has 0 aliphatic rings. The summed E-state index contributed by atoms with van der Waals surface area (Å²) in [7, 11) is 0. The highest BCUT2D eigenvalue weighted by atomic mass is 16.6. The van der Waals surface area contributed by atoms with Gasteiger partial charge in [-0.25, -0.2) is 0 Å². The third-order valence-electron chi connectivity index (χ3n) is 13.7. The van der Waals surface area contributed by atoms with Crippen LogP contribution in [0.2, 0.25) is 0 Å². The molecule has 0 radical (unpaired) electrons. The van der Waals surface area contributed by atoms with Gasteiger partial charge in [-0.3, -0.25) is 14.4 Å². The summed E-state index contributed by atoms with van der Waals surface area (Å²) < 4.78 is 16.8. The van der Waals surface area contributed by atoms with Crippen LogP contribution in [-0.2, 0) is 28.6 Å². The number of ether oxygens (including phenoxy) is 3. The van der Waals surface area contributed by atoms with Crippen LogP contribution in [0.4, 0.5) is 0 Å². The standard InChI is InChI=1S/C72H120O6/c1-4-7-10-13-16-19-21-23-25-27-28-29-30-31-32-33-34-35-36-37-38-39-40-41-42-43-44-45-47-48-50-53-56-59-62-65-71(74)77-68-69(67-76-70(73)64-61-58-55-52-18-15-12-9-6-3)78-72(75)66-63-60-57-54-51-49-46-26-24-22-20-17-14-11-8-5-2/h7,10,16,19-20,22-23,25-26,28-29,31-32,34-35,37-38,40-41,46,69H,4-6,8-9,11-15,17-18,21,24,27,30,33,36,39,42-45,47-68H2,1-3H3/b10-7-,19-16-,22-20-,25-23-,29-28-,32-31-,35-34-,38-37-,41-40-,46-26-. The molecule has 1 unspecified atom stereocenters. The van der Waals surface area contributed by atoms with Crippen LogP contribution in [0.5, 0.6) is 0 Å². The Labute approximate surface area is 482 Å². The molecular weight excluding hydrogens is 961 g/mol.